The predicted molar refractivity (Wildman–Crippen MR) is 128 cm³/mol. The molecule has 1 N–H and O–H groups in total. The summed E-state index contributed by atoms with van der Waals surface area (Å²) in [6.07, 6.45) is 2.10. The van der Waals surface area contributed by atoms with Crippen molar-refractivity contribution in [2.45, 2.75) is 25.2 Å². The summed E-state index contributed by atoms with van der Waals surface area (Å²) in [7, 11) is -4.06. The second-order valence-corrected chi connectivity index (χ2v) is 9.13. The minimum Gasteiger partial charge on any atom is -0.377 e. The normalized spacial score (nSPS) is 11.5. The van der Waals surface area contributed by atoms with Crippen LogP contribution < -0.4 is 9.50 Å². The topological polar surface area (TPSA) is 96.3 Å². The van der Waals surface area contributed by atoms with Crippen LogP contribution in [-0.4, -0.2) is 14.3 Å². The molecule has 0 aromatic heterocycles. The smallest absolute Gasteiger partial charge is 0.339 e. The summed E-state index contributed by atoms with van der Waals surface area (Å²) in [5, 5.41) is 12.2. The van der Waals surface area contributed by atoms with Crippen LogP contribution in [0.15, 0.2) is 77.2 Å². The average molecular weight is 481 g/mol. The van der Waals surface area contributed by atoms with Crippen molar-refractivity contribution in [3.05, 3.63) is 94.0 Å². The van der Waals surface area contributed by atoms with E-state index in [0.29, 0.717) is 11.3 Å². The molecule has 0 heterocycles. The molecule has 0 atom stereocenters. The van der Waals surface area contributed by atoms with Crippen LogP contribution >= 0.6 is 11.6 Å². The van der Waals surface area contributed by atoms with Crippen molar-refractivity contribution < 1.29 is 17.4 Å². The van der Waals surface area contributed by atoms with Gasteiger partial charge in [-0.1, -0.05) is 60.5 Å². The van der Waals surface area contributed by atoms with Crippen molar-refractivity contribution >= 4 is 39.4 Å². The van der Waals surface area contributed by atoms with Gasteiger partial charge in [-0.3, -0.25) is 4.79 Å². The third-order valence-electron chi connectivity index (χ3n) is 4.79. The number of nitriles is 1. The average Bonchev–Trinajstić information content (AvgIpc) is 2.79. The first-order valence-corrected chi connectivity index (χ1v) is 11.8. The molecular formula is C25H21ClN2O4S. The molecule has 0 aliphatic heterocycles. The number of rotatable bonds is 7. The molecule has 0 spiro atoms. The van der Waals surface area contributed by atoms with Crippen molar-refractivity contribution in [3.8, 4) is 11.8 Å². The van der Waals surface area contributed by atoms with E-state index in [1.165, 1.54) is 36.4 Å². The van der Waals surface area contributed by atoms with Gasteiger partial charge in [-0.2, -0.15) is 13.7 Å². The lowest BCUT2D eigenvalue weighted by Crippen LogP contribution is -2.14. The lowest BCUT2D eigenvalue weighted by Gasteiger charge is -2.10. The summed E-state index contributed by atoms with van der Waals surface area (Å²) in [4.78, 5) is 12.6. The zero-order chi connectivity index (χ0) is 24.0. The molecule has 0 radical (unpaired) electrons. The zero-order valence-corrected chi connectivity index (χ0v) is 19.6. The van der Waals surface area contributed by atoms with Gasteiger partial charge in [0.05, 0.1) is 5.02 Å². The van der Waals surface area contributed by atoms with E-state index in [-0.39, 0.29) is 21.2 Å². The van der Waals surface area contributed by atoms with Gasteiger partial charge in [0.25, 0.3) is 5.91 Å². The van der Waals surface area contributed by atoms with Crippen LogP contribution in [0.3, 0.4) is 0 Å². The Hall–Kier alpha value is -3.60. The molecule has 0 saturated heterocycles. The maximum Gasteiger partial charge on any atom is 0.339 e. The lowest BCUT2D eigenvalue weighted by molar-refractivity contribution is -0.112. The van der Waals surface area contributed by atoms with Gasteiger partial charge in [-0.25, -0.2) is 0 Å². The number of carbonyl (C=O) groups excluding carboxylic acids is 1. The summed E-state index contributed by atoms with van der Waals surface area (Å²) < 4.78 is 30.2. The van der Waals surface area contributed by atoms with Gasteiger partial charge in [-0.05, 0) is 60.9 Å². The second-order valence-electron chi connectivity index (χ2n) is 7.18. The number of halogens is 1. The Labute approximate surface area is 198 Å². The van der Waals surface area contributed by atoms with E-state index >= 15 is 0 Å². The van der Waals surface area contributed by atoms with Crippen molar-refractivity contribution in [1.29, 1.82) is 5.26 Å². The molecule has 0 fully saturated rings. The fourth-order valence-electron chi connectivity index (χ4n) is 3.00. The monoisotopic (exact) mass is 480 g/mol. The number of benzene rings is 3. The zero-order valence-electron chi connectivity index (χ0n) is 18.0. The molecule has 0 saturated carbocycles. The Morgan fingerprint density at radius 3 is 2.45 bits per heavy atom. The number of amides is 1. The van der Waals surface area contributed by atoms with E-state index in [4.69, 9.17) is 15.8 Å². The van der Waals surface area contributed by atoms with Crippen molar-refractivity contribution in [2.75, 3.05) is 5.32 Å². The lowest BCUT2D eigenvalue weighted by atomic mass is 10.1. The van der Waals surface area contributed by atoms with Crippen LogP contribution in [0.5, 0.6) is 5.75 Å². The Morgan fingerprint density at radius 2 is 1.82 bits per heavy atom. The van der Waals surface area contributed by atoms with Crippen LogP contribution in [0.4, 0.5) is 5.69 Å². The predicted octanol–water partition coefficient (Wildman–Crippen LogP) is 5.52. The van der Waals surface area contributed by atoms with Crippen LogP contribution in [0.25, 0.3) is 6.08 Å². The first kappa shape index (κ1) is 24.1. The molecular weight excluding hydrogens is 460 g/mol. The van der Waals surface area contributed by atoms with Gasteiger partial charge < -0.3 is 9.50 Å². The Balaban J connectivity index is 1.81. The summed E-state index contributed by atoms with van der Waals surface area (Å²) >= 11 is 6.22. The molecule has 33 heavy (non-hydrogen) atoms. The van der Waals surface area contributed by atoms with Crippen LogP contribution in [0.2, 0.25) is 5.02 Å². The number of anilines is 1. The maximum atomic E-state index is 12.6. The highest BCUT2D eigenvalue weighted by Crippen LogP contribution is 2.29. The van der Waals surface area contributed by atoms with Crippen LogP contribution in [0, 0.1) is 18.3 Å². The highest BCUT2D eigenvalue weighted by atomic mass is 35.5. The van der Waals surface area contributed by atoms with Crippen LogP contribution in [-0.2, 0) is 21.3 Å². The van der Waals surface area contributed by atoms with E-state index in [1.54, 1.807) is 24.3 Å². The summed E-state index contributed by atoms with van der Waals surface area (Å²) in [5.41, 5.74) is 2.81. The maximum absolute atomic E-state index is 12.6. The van der Waals surface area contributed by atoms with E-state index in [9.17, 15) is 18.5 Å². The molecule has 3 aromatic rings. The summed E-state index contributed by atoms with van der Waals surface area (Å²) in [5.74, 6) is -0.619. The van der Waals surface area contributed by atoms with Gasteiger partial charge in [0, 0.05) is 5.69 Å². The SMILES string of the molecule is CCc1ccccc1NC(=O)/C(C#N)=C/c1ccc(OS(=O)(=O)c2ccc(C)cc2)c(Cl)c1. The largest absolute Gasteiger partial charge is 0.377 e. The number of carbonyl (C=O) groups is 1. The Kier molecular flexibility index (Phi) is 7.54. The highest BCUT2D eigenvalue weighted by Gasteiger charge is 2.18. The van der Waals surface area contributed by atoms with Crippen molar-refractivity contribution in [2.24, 2.45) is 0 Å². The highest BCUT2D eigenvalue weighted by molar-refractivity contribution is 7.87. The number of hydrogen-bond acceptors (Lipinski definition) is 5. The first-order valence-electron chi connectivity index (χ1n) is 10.0. The molecule has 3 aromatic carbocycles. The van der Waals surface area contributed by atoms with Crippen molar-refractivity contribution in [3.63, 3.8) is 0 Å². The number of aryl methyl sites for hydroxylation is 2. The number of nitrogens with zero attached hydrogens (tertiary/aromatic N) is 1. The van der Waals surface area contributed by atoms with Gasteiger partial charge in [0.15, 0.2) is 5.75 Å². The minimum atomic E-state index is -4.06. The van der Waals surface area contributed by atoms with E-state index < -0.39 is 16.0 Å². The third kappa shape index (κ3) is 6.01. The minimum absolute atomic E-state index is 0.00365. The Bertz CT molecular complexity index is 1360. The van der Waals surface area contributed by atoms with Crippen molar-refractivity contribution in [1.82, 2.24) is 0 Å². The first-order chi connectivity index (χ1) is 15.7. The molecule has 168 valence electrons. The van der Waals surface area contributed by atoms with Gasteiger partial charge in [-0.15, -0.1) is 0 Å². The van der Waals surface area contributed by atoms with Crippen LogP contribution in [0.1, 0.15) is 23.6 Å². The third-order valence-corrected chi connectivity index (χ3v) is 6.33. The number of para-hydroxylation sites is 1. The molecule has 0 aliphatic carbocycles. The molecule has 0 bridgehead atoms. The van der Waals surface area contributed by atoms with E-state index in [0.717, 1.165) is 17.5 Å². The van der Waals surface area contributed by atoms with Gasteiger partial charge in [0.1, 0.15) is 16.5 Å². The molecule has 0 aliphatic rings. The second kappa shape index (κ2) is 10.3. The van der Waals surface area contributed by atoms with E-state index in [2.05, 4.69) is 5.32 Å². The fourth-order valence-corrected chi connectivity index (χ4v) is 4.22. The molecule has 1 amide bonds. The standard InChI is InChI=1S/C25H21ClN2O4S/c1-3-19-6-4-5-7-23(19)28-25(29)20(16-27)14-18-10-13-24(22(26)15-18)32-33(30,31)21-11-8-17(2)9-12-21/h4-15H,3H2,1-2H3,(H,28,29)/b20-14+. The fraction of sp³-hybridized carbons (Fsp3) is 0.120. The quantitative estimate of drug-likeness (QED) is 0.272. The molecule has 8 heteroatoms. The Morgan fingerprint density at radius 1 is 1.12 bits per heavy atom. The summed E-state index contributed by atoms with van der Waals surface area (Å²) in [6.45, 7) is 3.81. The van der Waals surface area contributed by atoms with Gasteiger partial charge >= 0.3 is 10.1 Å². The summed E-state index contributed by atoms with van der Waals surface area (Å²) in [6, 6.07) is 19.8. The molecule has 6 nitrogen and oxygen atoms in total. The number of hydrogen-bond donors (Lipinski definition) is 1. The van der Waals surface area contributed by atoms with Gasteiger partial charge in [0.2, 0.25) is 0 Å². The van der Waals surface area contributed by atoms with E-state index in [1.807, 2.05) is 32.0 Å². The number of nitrogens with one attached hydrogen (secondary N) is 1. The molecule has 0 unspecified atom stereocenters. The molecule has 3 rings (SSSR count).